The van der Waals surface area contributed by atoms with Gasteiger partial charge in [-0.05, 0) is 75.3 Å². The Morgan fingerprint density at radius 3 is 2.55 bits per heavy atom. The largest absolute Gasteiger partial charge is 0.481 e. The first kappa shape index (κ1) is 26.3. The van der Waals surface area contributed by atoms with Crippen molar-refractivity contribution in [3.8, 4) is 0 Å². The van der Waals surface area contributed by atoms with Crippen LogP contribution < -0.4 is 9.80 Å². The maximum Gasteiger partial charge on any atom is 0.414 e. The van der Waals surface area contributed by atoms with Gasteiger partial charge in [0.25, 0.3) is 0 Å². The van der Waals surface area contributed by atoms with Gasteiger partial charge in [-0.25, -0.2) is 9.78 Å². The van der Waals surface area contributed by atoms with Gasteiger partial charge in [0.15, 0.2) is 0 Å². The van der Waals surface area contributed by atoms with Gasteiger partial charge >= 0.3 is 12.1 Å². The fourth-order valence-electron chi connectivity index (χ4n) is 6.88. The number of methoxy groups -OCH3 is 1. The Kier molecular flexibility index (Phi) is 6.98. The summed E-state index contributed by atoms with van der Waals surface area (Å²) in [5.74, 6) is -0.0370. The minimum absolute atomic E-state index is 0.0228. The topological polar surface area (TPSA) is 105 Å². The van der Waals surface area contributed by atoms with E-state index in [0.29, 0.717) is 25.7 Å². The third-order valence-corrected chi connectivity index (χ3v) is 8.94. The first-order valence-electron chi connectivity index (χ1n) is 14.4. The van der Waals surface area contributed by atoms with Crippen LogP contribution in [0.2, 0.25) is 0 Å². The number of aromatic nitrogens is 2. The molecule has 6 rings (SSSR count). The van der Waals surface area contributed by atoms with Gasteiger partial charge in [-0.1, -0.05) is 18.6 Å². The zero-order valence-electron chi connectivity index (χ0n) is 23.1. The van der Waals surface area contributed by atoms with Crippen LogP contribution in [0.5, 0.6) is 0 Å². The summed E-state index contributed by atoms with van der Waals surface area (Å²) >= 11 is 0. The zero-order valence-corrected chi connectivity index (χ0v) is 23.1. The lowest BCUT2D eigenvalue weighted by atomic mass is 9.85. The predicted octanol–water partition coefficient (Wildman–Crippen LogP) is 5.48. The minimum atomic E-state index is -0.734. The van der Waals surface area contributed by atoms with Crippen molar-refractivity contribution in [2.75, 3.05) is 23.5 Å². The summed E-state index contributed by atoms with van der Waals surface area (Å²) in [7, 11) is 1.40. The molecule has 9 heteroatoms. The van der Waals surface area contributed by atoms with Crippen molar-refractivity contribution in [2.45, 2.75) is 76.8 Å². The molecule has 40 heavy (non-hydrogen) atoms. The minimum Gasteiger partial charge on any atom is -0.481 e. The molecule has 0 spiro atoms. The highest BCUT2D eigenvalue weighted by molar-refractivity contribution is 5.96. The molecule has 2 aliphatic heterocycles. The Balaban J connectivity index is 1.42. The van der Waals surface area contributed by atoms with Crippen molar-refractivity contribution in [1.82, 2.24) is 9.55 Å². The van der Waals surface area contributed by atoms with Crippen LogP contribution in [-0.2, 0) is 27.2 Å². The summed E-state index contributed by atoms with van der Waals surface area (Å²) in [5.41, 5.74) is 5.74. The molecule has 1 unspecified atom stereocenters. The number of hydrogen-bond acceptors (Lipinski definition) is 5. The Morgan fingerprint density at radius 2 is 1.85 bits per heavy atom. The van der Waals surface area contributed by atoms with E-state index in [-0.39, 0.29) is 30.0 Å². The van der Waals surface area contributed by atoms with Gasteiger partial charge in [-0.15, -0.1) is 0 Å². The lowest BCUT2D eigenvalue weighted by Gasteiger charge is -2.34. The fourth-order valence-corrected chi connectivity index (χ4v) is 6.88. The van der Waals surface area contributed by atoms with E-state index in [1.54, 1.807) is 4.90 Å². The number of carbonyl (C=O) groups is 3. The van der Waals surface area contributed by atoms with E-state index in [9.17, 15) is 19.5 Å². The number of nitrogens with zero attached hydrogens (tertiary/aromatic N) is 4. The monoisotopic (exact) mass is 544 g/mol. The molecule has 0 radical (unpaired) electrons. The molecule has 1 N–H and O–H groups in total. The number of anilines is 2. The van der Waals surface area contributed by atoms with Gasteiger partial charge in [-0.3, -0.25) is 14.5 Å². The van der Waals surface area contributed by atoms with Crippen LogP contribution in [0, 0.1) is 5.92 Å². The second kappa shape index (κ2) is 10.6. The molecule has 0 bridgehead atoms. The number of fused-ring (bicyclic) bond motifs is 3. The fraction of sp³-hybridized carbons (Fsp3) is 0.484. The maximum atomic E-state index is 12.7. The standard InChI is InChI=1S/C31H36N4O5/c1-19-8-13-24-25(34(19)31(39)40-2)14-15-26-29(24)32-27(35(26)23-6-3-5-21(18-23)30(37)38)17-20-9-11-22(12-10-20)33-16-4-7-28(33)36/h9-12,14-15,19,21,23H,3-8,13,16-18H2,1-2H3,(H,37,38)/t19?,21-,23-/m1/s1. The Bertz CT molecular complexity index is 1460. The lowest BCUT2D eigenvalue weighted by Crippen LogP contribution is -2.42. The molecule has 3 aliphatic rings. The van der Waals surface area contributed by atoms with E-state index in [1.165, 1.54) is 7.11 Å². The maximum absolute atomic E-state index is 12.7. The molecule has 1 aromatic heterocycles. The first-order chi connectivity index (χ1) is 19.4. The van der Waals surface area contributed by atoms with Crippen molar-refractivity contribution < 1.29 is 24.2 Å². The number of carboxylic acids is 1. The molecule has 1 saturated heterocycles. The molecule has 3 heterocycles. The molecule has 1 saturated carbocycles. The summed E-state index contributed by atoms with van der Waals surface area (Å²) in [4.78, 5) is 45.6. The van der Waals surface area contributed by atoms with Crippen LogP contribution in [0.1, 0.15) is 74.9 Å². The highest BCUT2D eigenvalue weighted by atomic mass is 16.5. The molecule has 3 atom stereocenters. The van der Waals surface area contributed by atoms with Gasteiger partial charge in [0.2, 0.25) is 5.91 Å². The molecule has 3 aromatic rings. The summed E-state index contributed by atoms with van der Waals surface area (Å²) in [6.45, 7) is 2.79. The van der Waals surface area contributed by atoms with E-state index >= 15 is 0 Å². The zero-order chi connectivity index (χ0) is 28.0. The highest BCUT2D eigenvalue weighted by Crippen LogP contribution is 2.41. The summed E-state index contributed by atoms with van der Waals surface area (Å²) in [6, 6.07) is 12.2. The Morgan fingerprint density at radius 1 is 1.05 bits per heavy atom. The van der Waals surface area contributed by atoms with E-state index in [0.717, 1.165) is 78.0 Å². The van der Waals surface area contributed by atoms with E-state index in [2.05, 4.69) is 16.7 Å². The van der Waals surface area contributed by atoms with Crippen LogP contribution in [0.15, 0.2) is 36.4 Å². The van der Waals surface area contributed by atoms with E-state index in [1.807, 2.05) is 36.1 Å². The second-order valence-corrected chi connectivity index (χ2v) is 11.4. The smallest absolute Gasteiger partial charge is 0.414 e. The molecule has 2 aromatic carbocycles. The van der Waals surface area contributed by atoms with Crippen molar-refractivity contribution >= 4 is 40.4 Å². The average molecular weight is 545 g/mol. The van der Waals surface area contributed by atoms with Crippen molar-refractivity contribution in [1.29, 1.82) is 0 Å². The number of imidazole rings is 1. The van der Waals surface area contributed by atoms with Crippen molar-refractivity contribution in [3.05, 3.63) is 53.3 Å². The molecule has 2 fully saturated rings. The normalized spacial score (nSPS) is 22.9. The van der Waals surface area contributed by atoms with Gasteiger partial charge in [-0.2, -0.15) is 0 Å². The van der Waals surface area contributed by atoms with Crippen LogP contribution in [-0.4, -0.2) is 52.3 Å². The van der Waals surface area contributed by atoms with E-state index in [4.69, 9.17) is 9.72 Å². The number of aryl methyl sites for hydroxylation is 1. The van der Waals surface area contributed by atoms with Crippen LogP contribution in [0.4, 0.5) is 16.2 Å². The molecular formula is C31H36N4O5. The summed E-state index contributed by atoms with van der Waals surface area (Å²) in [5, 5.41) is 9.79. The molecule has 9 nitrogen and oxygen atoms in total. The van der Waals surface area contributed by atoms with Crippen LogP contribution in [0.25, 0.3) is 11.0 Å². The molecule has 1 aliphatic carbocycles. The van der Waals surface area contributed by atoms with Crippen molar-refractivity contribution in [3.63, 3.8) is 0 Å². The number of amides is 2. The van der Waals surface area contributed by atoms with Crippen LogP contribution >= 0.6 is 0 Å². The van der Waals surface area contributed by atoms with Gasteiger partial charge in [0, 0.05) is 42.7 Å². The Labute approximate surface area is 233 Å². The number of aliphatic carboxylic acids is 1. The van der Waals surface area contributed by atoms with Crippen LogP contribution in [0.3, 0.4) is 0 Å². The number of hydrogen-bond donors (Lipinski definition) is 1. The molecular weight excluding hydrogens is 508 g/mol. The van der Waals surface area contributed by atoms with E-state index < -0.39 is 5.97 Å². The van der Waals surface area contributed by atoms with Gasteiger partial charge < -0.3 is 19.3 Å². The summed E-state index contributed by atoms with van der Waals surface area (Å²) in [6.07, 6.45) is 6.35. The lowest BCUT2D eigenvalue weighted by molar-refractivity contribution is -0.143. The predicted molar refractivity (Wildman–Crippen MR) is 152 cm³/mol. The number of benzene rings is 2. The second-order valence-electron chi connectivity index (χ2n) is 11.4. The number of ether oxygens (including phenoxy) is 1. The number of carbonyl (C=O) groups excluding carboxylic acids is 2. The Hall–Kier alpha value is -3.88. The molecule has 210 valence electrons. The summed E-state index contributed by atoms with van der Waals surface area (Å²) < 4.78 is 7.37. The first-order valence-corrected chi connectivity index (χ1v) is 14.4. The SMILES string of the molecule is COC(=O)N1c2ccc3c(nc(Cc4ccc(N5CCCC5=O)cc4)n3[C@@H]3CCC[C@@H](C(=O)O)C3)c2CCC1C. The number of carboxylic acid groups (broad SMARTS) is 1. The third-order valence-electron chi connectivity index (χ3n) is 8.94. The quantitative estimate of drug-likeness (QED) is 0.456. The van der Waals surface area contributed by atoms with Gasteiger partial charge in [0.1, 0.15) is 5.82 Å². The van der Waals surface area contributed by atoms with Crippen molar-refractivity contribution in [2.24, 2.45) is 5.92 Å². The number of rotatable bonds is 5. The third kappa shape index (κ3) is 4.61. The average Bonchev–Trinajstić information content (AvgIpc) is 3.56. The van der Waals surface area contributed by atoms with Gasteiger partial charge in [0.05, 0.1) is 29.7 Å². The molecule has 2 amide bonds. The highest BCUT2D eigenvalue weighted by Gasteiger charge is 2.34.